The average Bonchev–Trinajstić information content (AvgIpc) is 2.70. The predicted molar refractivity (Wildman–Crippen MR) is 61.5 cm³/mol. The SMILES string of the molecule is C=Nc1ncn([C@H]2CC(O)=C(CO)O2)c(=S)n1. The zero-order valence-corrected chi connectivity index (χ0v) is 9.59. The van der Waals surface area contributed by atoms with Gasteiger partial charge in [-0.15, -0.1) is 0 Å². The number of nitrogens with zero attached hydrogens (tertiary/aromatic N) is 4. The van der Waals surface area contributed by atoms with Crippen molar-refractivity contribution in [3.63, 3.8) is 0 Å². The lowest BCUT2D eigenvalue weighted by Crippen LogP contribution is -2.12. The van der Waals surface area contributed by atoms with E-state index in [9.17, 15) is 5.11 Å². The number of aromatic nitrogens is 3. The summed E-state index contributed by atoms with van der Waals surface area (Å²) in [5.41, 5.74) is 0. The molecule has 0 fully saturated rings. The summed E-state index contributed by atoms with van der Waals surface area (Å²) >= 11 is 5.04. The molecule has 1 aromatic rings. The van der Waals surface area contributed by atoms with E-state index in [2.05, 4.69) is 21.7 Å². The summed E-state index contributed by atoms with van der Waals surface area (Å²) in [5, 5.41) is 18.4. The number of aliphatic hydroxyl groups excluding tert-OH is 2. The van der Waals surface area contributed by atoms with Crippen LogP contribution in [0.15, 0.2) is 22.8 Å². The van der Waals surface area contributed by atoms with E-state index >= 15 is 0 Å². The number of hydrogen-bond acceptors (Lipinski definition) is 7. The van der Waals surface area contributed by atoms with Crippen molar-refractivity contribution in [3.05, 3.63) is 22.6 Å². The number of rotatable bonds is 3. The van der Waals surface area contributed by atoms with Crippen molar-refractivity contribution in [1.82, 2.24) is 14.5 Å². The Bertz CT molecular complexity index is 539. The predicted octanol–water partition coefficient (Wildman–Crippen LogP) is 1.02. The van der Waals surface area contributed by atoms with Crippen LogP contribution in [0.25, 0.3) is 0 Å². The molecular formula is C9H10N4O3S. The number of ether oxygens (including phenoxy) is 1. The van der Waals surface area contributed by atoms with E-state index in [1.807, 2.05) is 0 Å². The maximum absolute atomic E-state index is 9.49. The molecule has 1 aliphatic rings. The van der Waals surface area contributed by atoms with Crippen molar-refractivity contribution in [1.29, 1.82) is 0 Å². The molecule has 1 aromatic heterocycles. The van der Waals surface area contributed by atoms with Crippen molar-refractivity contribution in [2.75, 3.05) is 6.61 Å². The van der Waals surface area contributed by atoms with Crippen LogP contribution in [0.1, 0.15) is 12.6 Å². The van der Waals surface area contributed by atoms with Crippen molar-refractivity contribution in [2.24, 2.45) is 4.99 Å². The van der Waals surface area contributed by atoms with E-state index in [-0.39, 0.29) is 35.3 Å². The van der Waals surface area contributed by atoms with E-state index in [1.165, 1.54) is 10.9 Å². The minimum absolute atomic E-state index is 0.00493. The summed E-state index contributed by atoms with van der Waals surface area (Å²) in [5.74, 6) is 0.331. The normalized spacial score (nSPS) is 19.2. The Kier molecular flexibility index (Phi) is 3.16. The summed E-state index contributed by atoms with van der Waals surface area (Å²) in [4.78, 5) is 11.4. The molecule has 2 rings (SSSR count). The summed E-state index contributed by atoms with van der Waals surface area (Å²) in [6, 6.07) is 0. The maximum atomic E-state index is 9.49. The molecule has 0 spiro atoms. The lowest BCUT2D eigenvalue weighted by atomic mass is 10.3. The Morgan fingerprint density at radius 3 is 3.00 bits per heavy atom. The van der Waals surface area contributed by atoms with Gasteiger partial charge in [0.2, 0.25) is 4.77 Å². The van der Waals surface area contributed by atoms with Crippen LogP contribution in [0, 0.1) is 4.77 Å². The van der Waals surface area contributed by atoms with Gasteiger partial charge in [0.15, 0.2) is 12.0 Å². The molecular weight excluding hydrogens is 244 g/mol. The van der Waals surface area contributed by atoms with Crippen LogP contribution < -0.4 is 0 Å². The molecule has 17 heavy (non-hydrogen) atoms. The molecule has 0 saturated carbocycles. The lowest BCUT2D eigenvalue weighted by Gasteiger charge is -2.14. The van der Waals surface area contributed by atoms with Crippen LogP contribution in [-0.4, -0.2) is 38.1 Å². The topological polar surface area (TPSA) is 92.8 Å². The van der Waals surface area contributed by atoms with E-state index in [4.69, 9.17) is 22.1 Å². The molecule has 0 aromatic carbocycles. The van der Waals surface area contributed by atoms with Crippen LogP contribution >= 0.6 is 12.2 Å². The number of aliphatic hydroxyl groups is 2. The first-order valence-electron chi connectivity index (χ1n) is 4.76. The Morgan fingerprint density at radius 2 is 2.47 bits per heavy atom. The molecule has 8 heteroatoms. The first kappa shape index (κ1) is 11.7. The van der Waals surface area contributed by atoms with Gasteiger partial charge < -0.3 is 14.9 Å². The van der Waals surface area contributed by atoms with Gasteiger partial charge in [-0.25, -0.2) is 9.98 Å². The molecule has 0 saturated heterocycles. The van der Waals surface area contributed by atoms with E-state index < -0.39 is 6.23 Å². The Labute approximate surface area is 102 Å². The van der Waals surface area contributed by atoms with Crippen molar-refractivity contribution >= 4 is 24.9 Å². The van der Waals surface area contributed by atoms with Gasteiger partial charge in [0, 0.05) is 0 Å². The summed E-state index contributed by atoms with van der Waals surface area (Å²) in [6.45, 7) is 2.94. The molecule has 90 valence electrons. The minimum atomic E-state index is -0.538. The lowest BCUT2D eigenvalue weighted by molar-refractivity contribution is 0.0599. The molecule has 0 radical (unpaired) electrons. The summed E-state index contributed by atoms with van der Waals surface area (Å²) in [7, 11) is 0. The highest BCUT2D eigenvalue weighted by molar-refractivity contribution is 7.71. The second-order valence-electron chi connectivity index (χ2n) is 3.31. The number of hydrogen-bond donors (Lipinski definition) is 2. The zero-order valence-electron chi connectivity index (χ0n) is 8.78. The molecule has 0 unspecified atom stereocenters. The van der Waals surface area contributed by atoms with Gasteiger partial charge in [-0.2, -0.15) is 4.98 Å². The zero-order chi connectivity index (χ0) is 12.4. The third-order valence-corrected chi connectivity index (χ3v) is 2.58. The minimum Gasteiger partial charge on any atom is -0.508 e. The van der Waals surface area contributed by atoms with Gasteiger partial charge >= 0.3 is 0 Å². The van der Waals surface area contributed by atoms with Gasteiger partial charge in [0.25, 0.3) is 5.95 Å². The van der Waals surface area contributed by atoms with E-state index in [1.54, 1.807) is 0 Å². The molecule has 1 atom stereocenters. The fourth-order valence-corrected chi connectivity index (χ4v) is 1.69. The van der Waals surface area contributed by atoms with Crippen LogP contribution in [0.2, 0.25) is 0 Å². The highest BCUT2D eigenvalue weighted by atomic mass is 32.1. The molecule has 0 bridgehead atoms. The monoisotopic (exact) mass is 254 g/mol. The second-order valence-corrected chi connectivity index (χ2v) is 3.67. The third-order valence-electron chi connectivity index (χ3n) is 2.28. The fraction of sp³-hybridized carbons (Fsp3) is 0.333. The van der Waals surface area contributed by atoms with Crippen LogP contribution in [0.5, 0.6) is 0 Å². The molecule has 0 amide bonds. The largest absolute Gasteiger partial charge is 0.508 e. The van der Waals surface area contributed by atoms with Crippen molar-refractivity contribution in [2.45, 2.75) is 12.6 Å². The second kappa shape index (κ2) is 4.60. The standard InChI is InChI=1S/C9H10N4O3S/c1-10-8-11-4-13(9(17)12-8)7-2-5(15)6(3-14)16-7/h4,7,14-15H,1-3H2/t7-/m1/s1. The van der Waals surface area contributed by atoms with Crippen molar-refractivity contribution < 1.29 is 14.9 Å². The first-order valence-corrected chi connectivity index (χ1v) is 5.17. The van der Waals surface area contributed by atoms with E-state index in [0.29, 0.717) is 0 Å². The molecule has 7 nitrogen and oxygen atoms in total. The quantitative estimate of drug-likeness (QED) is 0.618. The highest BCUT2D eigenvalue weighted by Gasteiger charge is 2.26. The fourth-order valence-electron chi connectivity index (χ4n) is 1.45. The third kappa shape index (κ3) is 2.17. The van der Waals surface area contributed by atoms with Gasteiger partial charge in [-0.05, 0) is 18.9 Å². The average molecular weight is 254 g/mol. The Morgan fingerprint density at radius 1 is 1.71 bits per heavy atom. The van der Waals surface area contributed by atoms with E-state index in [0.717, 1.165) is 0 Å². The van der Waals surface area contributed by atoms with Crippen LogP contribution in [0.4, 0.5) is 5.95 Å². The Balaban J connectivity index is 2.27. The van der Waals surface area contributed by atoms with Gasteiger partial charge in [0.1, 0.15) is 18.7 Å². The van der Waals surface area contributed by atoms with Crippen molar-refractivity contribution in [3.8, 4) is 0 Å². The van der Waals surface area contributed by atoms with Gasteiger partial charge in [0.05, 0.1) is 6.42 Å². The number of aliphatic imine (C=N–C) groups is 1. The summed E-state index contributed by atoms with van der Waals surface area (Å²) in [6.07, 6.45) is 1.09. The van der Waals surface area contributed by atoms with Crippen LogP contribution in [-0.2, 0) is 4.74 Å². The van der Waals surface area contributed by atoms with Gasteiger partial charge in [-0.3, -0.25) is 4.57 Å². The summed E-state index contributed by atoms with van der Waals surface area (Å²) < 4.78 is 7.01. The first-order chi connectivity index (χ1) is 8.15. The Hall–Kier alpha value is -1.80. The molecule has 1 aliphatic heterocycles. The van der Waals surface area contributed by atoms with Gasteiger partial charge in [-0.1, -0.05) is 0 Å². The smallest absolute Gasteiger partial charge is 0.252 e. The molecule has 2 N–H and O–H groups in total. The maximum Gasteiger partial charge on any atom is 0.252 e. The van der Waals surface area contributed by atoms with Crippen LogP contribution in [0.3, 0.4) is 0 Å². The molecule has 2 heterocycles. The molecule has 0 aliphatic carbocycles. The highest BCUT2D eigenvalue weighted by Crippen LogP contribution is 2.30.